The van der Waals surface area contributed by atoms with E-state index in [1.165, 1.54) is 6.07 Å². The molecule has 0 atom stereocenters. The van der Waals surface area contributed by atoms with E-state index in [0.717, 1.165) is 0 Å². The molecule has 0 aliphatic carbocycles. The van der Waals surface area contributed by atoms with Crippen molar-refractivity contribution in [1.82, 2.24) is 0 Å². The molecule has 2 rings (SSSR count). The summed E-state index contributed by atoms with van der Waals surface area (Å²) in [7, 11) is 0. The Bertz CT molecular complexity index is 555. The first-order valence-corrected chi connectivity index (χ1v) is 5.72. The average molecular weight is 271 g/mol. The number of aliphatic hydroxyl groups excluding tert-OH is 1. The molecule has 0 bridgehead atoms. The molecule has 0 amide bonds. The Morgan fingerprint density at radius 3 is 2.47 bits per heavy atom. The number of halogens is 3. The van der Waals surface area contributed by atoms with Gasteiger partial charge in [0.25, 0.3) is 0 Å². The van der Waals surface area contributed by atoms with E-state index in [2.05, 4.69) is 0 Å². The Kier molecular flexibility index (Phi) is 3.67. The standard InChI is InChI=1S/C13H9Cl2FO/c14-11-5-4-8(6-12(11)15)10-3-1-2-9(7-17)13(10)16/h1-6,17H,7H2. The van der Waals surface area contributed by atoms with E-state index in [-0.39, 0.29) is 12.2 Å². The Hall–Kier alpha value is -1.09. The van der Waals surface area contributed by atoms with Crippen molar-refractivity contribution < 1.29 is 9.50 Å². The van der Waals surface area contributed by atoms with Gasteiger partial charge in [-0.1, -0.05) is 47.5 Å². The molecule has 4 heteroatoms. The molecule has 0 aliphatic rings. The zero-order valence-corrected chi connectivity index (χ0v) is 10.3. The van der Waals surface area contributed by atoms with E-state index in [0.29, 0.717) is 21.2 Å². The van der Waals surface area contributed by atoms with Crippen molar-refractivity contribution in [3.05, 3.63) is 57.8 Å². The second-order valence-corrected chi connectivity index (χ2v) is 4.38. The maximum atomic E-state index is 14.0. The predicted octanol–water partition coefficient (Wildman–Crippen LogP) is 4.29. The molecule has 0 fully saturated rings. The van der Waals surface area contributed by atoms with Crippen LogP contribution < -0.4 is 0 Å². The van der Waals surface area contributed by atoms with Crippen molar-refractivity contribution >= 4 is 23.2 Å². The SMILES string of the molecule is OCc1cccc(-c2ccc(Cl)c(Cl)c2)c1F. The minimum absolute atomic E-state index is 0.258. The third kappa shape index (κ3) is 2.44. The highest BCUT2D eigenvalue weighted by molar-refractivity contribution is 6.42. The first-order chi connectivity index (χ1) is 8.13. The predicted molar refractivity (Wildman–Crippen MR) is 67.8 cm³/mol. The molecule has 0 aliphatic heterocycles. The van der Waals surface area contributed by atoms with Crippen LogP contribution in [0, 0.1) is 5.82 Å². The van der Waals surface area contributed by atoms with Crippen LogP contribution >= 0.6 is 23.2 Å². The topological polar surface area (TPSA) is 20.2 Å². The number of aliphatic hydroxyl groups is 1. The smallest absolute Gasteiger partial charge is 0.136 e. The van der Waals surface area contributed by atoms with E-state index in [9.17, 15) is 4.39 Å². The fourth-order valence-electron chi connectivity index (χ4n) is 1.59. The highest BCUT2D eigenvalue weighted by atomic mass is 35.5. The quantitative estimate of drug-likeness (QED) is 0.863. The van der Waals surface area contributed by atoms with E-state index >= 15 is 0 Å². The number of rotatable bonds is 2. The van der Waals surface area contributed by atoms with Crippen LogP contribution in [-0.4, -0.2) is 5.11 Å². The molecule has 0 aromatic heterocycles. The molecular formula is C13H9Cl2FO. The molecule has 2 aromatic carbocycles. The van der Waals surface area contributed by atoms with Gasteiger partial charge in [0.1, 0.15) is 5.82 Å². The first-order valence-electron chi connectivity index (χ1n) is 4.97. The maximum Gasteiger partial charge on any atom is 0.136 e. The van der Waals surface area contributed by atoms with Crippen LogP contribution in [0.4, 0.5) is 4.39 Å². The molecular weight excluding hydrogens is 262 g/mol. The van der Waals surface area contributed by atoms with Crippen LogP contribution in [0.3, 0.4) is 0 Å². The van der Waals surface area contributed by atoms with Gasteiger partial charge in [0.15, 0.2) is 0 Å². The molecule has 88 valence electrons. The highest BCUT2D eigenvalue weighted by Gasteiger charge is 2.10. The lowest BCUT2D eigenvalue weighted by Gasteiger charge is -2.07. The molecule has 0 radical (unpaired) electrons. The molecule has 1 nitrogen and oxygen atoms in total. The molecule has 1 N–H and O–H groups in total. The van der Waals surface area contributed by atoms with Gasteiger partial charge in [0.2, 0.25) is 0 Å². The fraction of sp³-hybridized carbons (Fsp3) is 0.0769. The minimum atomic E-state index is -0.437. The molecule has 2 aromatic rings. The van der Waals surface area contributed by atoms with Crippen LogP contribution in [-0.2, 0) is 6.61 Å². The minimum Gasteiger partial charge on any atom is -0.392 e. The van der Waals surface area contributed by atoms with Gasteiger partial charge in [-0.3, -0.25) is 0 Å². The van der Waals surface area contributed by atoms with Crippen molar-refractivity contribution in [2.75, 3.05) is 0 Å². The normalized spacial score (nSPS) is 10.6. The van der Waals surface area contributed by atoms with Crippen molar-refractivity contribution in [2.24, 2.45) is 0 Å². The lowest BCUT2D eigenvalue weighted by atomic mass is 10.0. The van der Waals surface area contributed by atoms with Gasteiger partial charge >= 0.3 is 0 Å². The monoisotopic (exact) mass is 270 g/mol. The van der Waals surface area contributed by atoms with E-state index in [4.69, 9.17) is 28.3 Å². The summed E-state index contributed by atoms with van der Waals surface area (Å²) in [6.07, 6.45) is 0. The average Bonchev–Trinajstić information content (AvgIpc) is 2.33. The van der Waals surface area contributed by atoms with Crippen molar-refractivity contribution in [3.8, 4) is 11.1 Å². The summed E-state index contributed by atoms with van der Waals surface area (Å²) in [6.45, 7) is -0.332. The number of hydrogen-bond donors (Lipinski definition) is 1. The van der Waals surface area contributed by atoms with Crippen LogP contribution in [0.5, 0.6) is 0 Å². The summed E-state index contributed by atoms with van der Waals surface area (Å²) in [5, 5.41) is 9.80. The summed E-state index contributed by atoms with van der Waals surface area (Å²) in [6, 6.07) is 9.76. The van der Waals surface area contributed by atoms with Gasteiger partial charge in [-0.2, -0.15) is 0 Å². The van der Waals surface area contributed by atoms with Gasteiger partial charge in [0, 0.05) is 11.1 Å². The molecule has 0 saturated heterocycles. The molecule has 0 heterocycles. The fourth-order valence-corrected chi connectivity index (χ4v) is 1.89. The summed E-state index contributed by atoms with van der Waals surface area (Å²) in [4.78, 5) is 0. The second-order valence-electron chi connectivity index (χ2n) is 3.57. The summed E-state index contributed by atoms with van der Waals surface area (Å²) >= 11 is 11.7. The molecule has 0 saturated carbocycles. The lowest BCUT2D eigenvalue weighted by molar-refractivity contribution is 0.276. The second kappa shape index (κ2) is 5.05. The number of hydrogen-bond acceptors (Lipinski definition) is 1. The van der Waals surface area contributed by atoms with Crippen LogP contribution in [0.1, 0.15) is 5.56 Å². The first kappa shape index (κ1) is 12.4. The highest BCUT2D eigenvalue weighted by Crippen LogP contribution is 2.30. The van der Waals surface area contributed by atoms with Crippen molar-refractivity contribution in [3.63, 3.8) is 0 Å². The largest absolute Gasteiger partial charge is 0.392 e. The van der Waals surface area contributed by atoms with Crippen LogP contribution in [0.2, 0.25) is 10.0 Å². The van der Waals surface area contributed by atoms with Crippen molar-refractivity contribution in [1.29, 1.82) is 0 Å². The summed E-state index contributed by atoms with van der Waals surface area (Å²) < 4.78 is 14.0. The zero-order valence-electron chi connectivity index (χ0n) is 8.75. The van der Waals surface area contributed by atoms with E-state index in [1.807, 2.05) is 0 Å². The van der Waals surface area contributed by atoms with Crippen LogP contribution in [0.25, 0.3) is 11.1 Å². The molecule has 0 unspecified atom stereocenters. The zero-order chi connectivity index (χ0) is 12.4. The van der Waals surface area contributed by atoms with Gasteiger partial charge in [0.05, 0.1) is 16.7 Å². The molecule has 17 heavy (non-hydrogen) atoms. The van der Waals surface area contributed by atoms with E-state index < -0.39 is 5.82 Å². The van der Waals surface area contributed by atoms with Crippen molar-refractivity contribution in [2.45, 2.75) is 6.61 Å². The third-order valence-electron chi connectivity index (χ3n) is 2.48. The van der Waals surface area contributed by atoms with Gasteiger partial charge in [-0.15, -0.1) is 0 Å². The Morgan fingerprint density at radius 1 is 1.06 bits per heavy atom. The van der Waals surface area contributed by atoms with Gasteiger partial charge in [-0.05, 0) is 17.7 Å². The van der Waals surface area contributed by atoms with E-state index in [1.54, 1.807) is 30.3 Å². The summed E-state index contributed by atoms with van der Waals surface area (Å²) in [5.74, 6) is -0.437. The Morgan fingerprint density at radius 2 is 1.82 bits per heavy atom. The summed E-state index contributed by atoms with van der Waals surface area (Å²) in [5.41, 5.74) is 1.29. The Labute approximate surface area is 108 Å². The van der Waals surface area contributed by atoms with Crippen LogP contribution in [0.15, 0.2) is 36.4 Å². The Balaban J connectivity index is 2.56. The number of benzene rings is 2. The van der Waals surface area contributed by atoms with Gasteiger partial charge < -0.3 is 5.11 Å². The molecule has 0 spiro atoms. The van der Waals surface area contributed by atoms with Gasteiger partial charge in [-0.25, -0.2) is 4.39 Å². The lowest BCUT2D eigenvalue weighted by Crippen LogP contribution is -1.93. The maximum absolute atomic E-state index is 14.0. The third-order valence-corrected chi connectivity index (χ3v) is 3.22.